The highest BCUT2D eigenvalue weighted by Gasteiger charge is 2.10. The Morgan fingerprint density at radius 3 is 2.57 bits per heavy atom. The van der Waals surface area contributed by atoms with E-state index in [-0.39, 0.29) is 6.42 Å². The number of hydrogen-bond donors (Lipinski definition) is 1. The first-order valence-corrected chi connectivity index (χ1v) is 4.40. The quantitative estimate of drug-likeness (QED) is 0.780. The van der Waals surface area contributed by atoms with Gasteiger partial charge < -0.3 is 5.11 Å². The van der Waals surface area contributed by atoms with Crippen molar-refractivity contribution >= 4 is 22.8 Å². The van der Waals surface area contributed by atoms with E-state index in [0.717, 1.165) is 0 Å². The van der Waals surface area contributed by atoms with Gasteiger partial charge in [0, 0.05) is 5.56 Å². The maximum absolute atomic E-state index is 10.9. The largest absolute Gasteiger partial charge is 0.481 e. The van der Waals surface area contributed by atoms with Crippen LogP contribution in [0.4, 0.5) is 0 Å². The molecular weight excluding hydrogens is 204 g/mol. The molecule has 0 spiro atoms. The first-order chi connectivity index (χ1) is 6.52. The van der Waals surface area contributed by atoms with Crippen molar-refractivity contribution in [3.8, 4) is 0 Å². The van der Waals surface area contributed by atoms with Gasteiger partial charge in [-0.1, -0.05) is 12.1 Å². The Morgan fingerprint density at radius 1 is 1.43 bits per heavy atom. The molecule has 0 aromatic heterocycles. The summed E-state index contributed by atoms with van der Waals surface area (Å²) in [5.41, 5.74) is 1.62. The van der Waals surface area contributed by atoms with Crippen molar-refractivity contribution in [1.82, 2.24) is 0 Å². The highest BCUT2D eigenvalue weighted by Crippen LogP contribution is 2.16. The summed E-state index contributed by atoms with van der Waals surface area (Å²) in [6.45, 7) is 1.69. The van der Waals surface area contributed by atoms with Gasteiger partial charge in [0.2, 0.25) is 0 Å². The number of halogens is 1. The molecule has 1 aromatic rings. The Kier molecular flexibility index (Phi) is 3.25. The summed E-state index contributed by atoms with van der Waals surface area (Å²) in [5.74, 6) is -0.924. The molecular formula is C10H9ClO3. The highest BCUT2D eigenvalue weighted by molar-refractivity contribution is 6.67. The van der Waals surface area contributed by atoms with E-state index in [1.165, 1.54) is 0 Å². The third-order valence-corrected chi connectivity index (χ3v) is 2.20. The molecule has 0 amide bonds. The van der Waals surface area contributed by atoms with Gasteiger partial charge in [0.05, 0.1) is 6.42 Å². The molecule has 0 unspecified atom stereocenters. The van der Waals surface area contributed by atoms with Gasteiger partial charge in [0.1, 0.15) is 0 Å². The average molecular weight is 213 g/mol. The molecule has 0 fully saturated rings. The normalized spacial score (nSPS) is 9.86. The summed E-state index contributed by atoms with van der Waals surface area (Å²) < 4.78 is 0. The van der Waals surface area contributed by atoms with Crippen molar-refractivity contribution < 1.29 is 14.7 Å². The lowest BCUT2D eigenvalue weighted by molar-refractivity contribution is -0.136. The zero-order chi connectivity index (χ0) is 10.7. The van der Waals surface area contributed by atoms with Crippen molar-refractivity contribution in [3.05, 3.63) is 34.9 Å². The van der Waals surface area contributed by atoms with Gasteiger partial charge in [-0.15, -0.1) is 0 Å². The Labute approximate surface area is 86.3 Å². The fraction of sp³-hybridized carbons (Fsp3) is 0.200. The fourth-order valence-electron chi connectivity index (χ4n) is 1.25. The van der Waals surface area contributed by atoms with Crippen LogP contribution in [-0.4, -0.2) is 16.3 Å². The second-order valence-corrected chi connectivity index (χ2v) is 3.28. The Balaban J connectivity index is 3.13. The van der Waals surface area contributed by atoms with Gasteiger partial charge in [-0.25, -0.2) is 0 Å². The summed E-state index contributed by atoms with van der Waals surface area (Å²) in [7, 11) is 0. The van der Waals surface area contributed by atoms with Crippen LogP contribution in [-0.2, 0) is 11.2 Å². The van der Waals surface area contributed by atoms with Crippen LogP contribution in [0.2, 0.25) is 0 Å². The molecule has 3 nitrogen and oxygen atoms in total. The van der Waals surface area contributed by atoms with Gasteiger partial charge in [-0.05, 0) is 35.7 Å². The SMILES string of the molecule is Cc1c(CC(=O)O)cccc1C(=O)Cl. The maximum atomic E-state index is 10.9. The Morgan fingerprint density at radius 2 is 2.07 bits per heavy atom. The molecule has 0 saturated heterocycles. The zero-order valence-electron chi connectivity index (χ0n) is 7.58. The number of carbonyl (C=O) groups is 2. The smallest absolute Gasteiger partial charge is 0.307 e. The summed E-state index contributed by atoms with van der Waals surface area (Å²) in [4.78, 5) is 21.4. The van der Waals surface area contributed by atoms with Crippen molar-refractivity contribution in [2.24, 2.45) is 0 Å². The summed E-state index contributed by atoms with van der Waals surface area (Å²) in [6.07, 6.45) is -0.0934. The minimum Gasteiger partial charge on any atom is -0.481 e. The minimum atomic E-state index is -0.924. The molecule has 4 heteroatoms. The van der Waals surface area contributed by atoms with Crippen LogP contribution in [0.1, 0.15) is 21.5 Å². The van der Waals surface area contributed by atoms with E-state index in [9.17, 15) is 9.59 Å². The molecule has 1 N–H and O–H groups in total. The number of carbonyl (C=O) groups excluding carboxylic acids is 1. The molecule has 0 bridgehead atoms. The molecule has 0 aliphatic rings. The summed E-state index contributed by atoms with van der Waals surface area (Å²) >= 11 is 5.33. The second-order valence-electron chi connectivity index (χ2n) is 2.93. The molecule has 14 heavy (non-hydrogen) atoms. The van der Waals surface area contributed by atoms with Crippen molar-refractivity contribution in [3.63, 3.8) is 0 Å². The van der Waals surface area contributed by atoms with Gasteiger partial charge in [-0.2, -0.15) is 0 Å². The average Bonchev–Trinajstić information content (AvgIpc) is 2.07. The number of aliphatic carboxylic acids is 1. The summed E-state index contributed by atoms with van der Waals surface area (Å²) in [5, 5.41) is 8.04. The third-order valence-electron chi connectivity index (χ3n) is 2.00. The van der Waals surface area contributed by atoms with Crippen LogP contribution in [0.15, 0.2) is 18.2 Å². The lowest BCUT2D eigenvalue weighted by Crippen LogP contribution is -2.04. The van der Waals surface area contributed by atoms with Gasteiger partial charge >= 0.3 is 5.97 Å². The van der Waals surface area contributed by atoms with Crippen LogP contribution in [0.25, 0.3) is 0 Å². The van der Waals surface area contributed by atoms with E-state index in [4.69, 9.17) is 16.7 Å². The standard InChI is InChI=1S/C10H9ClO3/c1-6-7(5-9(12)13)3-2-4-8(6)10(11)14/h2-4H,5H2,1H3,(H,12,13). The number of rotatable bonds is 3. The minimum absolute atomic E-state index is 0.0934. The van der Waals surface area contributed by atoms with E-state index in [0.29, 0.717) is 16.7 Å². The number of benzene rings is 1. The zero-order valence-corrected chi connectivity index (χ0v) is 8.34. The molecule has 0 heterocycles. The van der Waals surface area contributed by atoms with Crippen molar-refractivity contribution in [2.75, 3.05) is 0 Å². The van der Waals surface area contributed by atoms with Crippen molar-refractivity contribution in [1.29, 1.82) is 0 Å². The lowest BCUT2D eigenvalue weighted by atomic mass is 10.0. The van der Waals surface area contributed by atoms with Crippen LogP contribution in [0.5, 0.6) is 0 Å². The first kappa shape index (κ1) is 10.7. The molecule has 74 valence electrons. The predicted molar refractivity (Wildman–Crippen MR) is 52.7 cm³/mol. The number of hydrogen-bond acceptors (Lipinski definition) is 2. The molecule has 1 aromatic carbocycles. The van der Waals surface area contributed by atoms with E-state index >= 15 is 0 Å². The Bertz CT molecular complexity index is 385. The fourth-order valence-corrected chi connectivity index (χ4v) is 1.46. The molecule has 1 rings (SSSR count). The van der Waals surface area contributed by atoms with Gasteiger partial charge in [0.25, 0.3) is 5.24 Å². The molecule has 0 atom stereocenters. The van der Waals surface area contributed by atoms with Gasteiger partial charge in [0.15, 0.2) is 0 Å². The van der Waals surface area contributed by atoms with Crippen LogP contribution >= 0.6 is 11.6 Å². The van der Waals surface area contributed by atoms with E-state index < -0.39 is 11.2 Å². The highest BCUT2D eigenvalue weighted by atomic mass is 35.5. The van der Waals surface area contributed by atoms with Crippen LogP contribution in [0, 0.1) is 6.92 Å². The van der Waals surface area contributed by atoms with E-state index in [2.05, 4.69) is 0 Å². The molecule has 0 saturated carbocycles. The second kappa shape index (κ2) is 4.24. The van der Waals surface area contributed by atoms with E-state index in [1.807, 2.05) is 0 Å². The van der Waals surface area contributed by atoms with Crippen LogP contribution < -0.4 is 0 Å². The van der Waals surface area contributed by atoms with Gasteiger partial charge in [-0.3, -0.25) is 9.59 Å². The van der Waals surface area contributed by atoms with Crippen LogP contribution in [0.3, 0.4) is 0 Å². The van der Waals surface area contributed by atoms with E-state index in [1.54, 1.807) is 25.1 Å². The first-order valence-electron chi connectivity index (χ1n) is 4.02. The number of carboxylic acids is 1. The lowest BCUT2D eigenvalue weighted by Gasteiger charge is -2.05. The maximum Gasteiger partial charge on any atom is 0.307 e. The predicted octanol–water partition coefficient (Wildman–Crippen LogP) is 2.00. The molecule has 0 aliphatic carbocycles. The monoisotopic (exact) mass is 212 g/mol. The number of carboxylic acid groups (broad SMARTS) is 1. The third kappa shape index (κ3) is 2.33. The Hall–Kier alpha value is -1.35. The van der Waals surface area contributed by atoms with Crippen molar-refractivity contribution in [2.45, 2.75) is 13.3 Å². The molecule has 0 radical (unpaired) electrons. The summed E-state index contributed by atoms with van der Waals surface area (Å²) in [6, 6.07) is 4.88. The molecule has 0 aliphatic heterocycles. The topological polar surface area (TPSA) is 54.4 Å².